The average Bonchev–Trinajstić information content (AvgIpc) is 2.92. The second-order valence-electron chi connectivity index (χ2n) is 4.44. The van der Waals surface area contributed by atoms with Gasteiger partial charge in [-0.3, -0.25) is 0 Å². The lowest BCUT2D eigenvalue weighted by Gasteiger charge is -2.12. The van der Waals surface area contributed by atoms with Gasteiger partial charge in [0.05, 0.1) is 11.4 Å². The van der Waals surface area contributed by atoms with Gasteiger partial charge in [0.2, 0.25) is 0 Å². The highest BCUT2D eigenvalue weighted by Gasteiger charge is 2.20. The van der Waals surface area contributed by atoms with Crippen LogP contribution in [0.2, 0.25) is 0 Å². The number of benzene rings is 1. The average molecular weight is 415 g/mol. The molecule has 2 aromatic heterocycles. The summed E-state index contributed by atoms with van der Waals surface area (Å²) < 4.78 is 30.3. The van der Waals surface area contributed by atoms with Gasteiger partial charge in [0.15, 0.2) is 11.5 Å². The molecular weight excluding hydrogens is 407 g/mol. The second kappa shape index (κ2) is 5.52. The Labute approximate surface area is 136 Å². The van der Waals surface area contributed by atoms with Crippen molar-refractivity contribution < 1.29 is 18.7 Å². The number of carboxylic acid groups (broad SMARTS) is 1. The number of aromatic nitrogens is 2. The lowest BCUT2D eigenvalue weighted by molar-refractivity contribution is 0.0697. The Morgan fingerprint density at radius 2 is 2.14 bits per heavy atom. The molecule has 0 saturated heterocycles. The van der Waals surface area contributed by atoms with Crippen LogP contribution in [0.25, 0.3) is 5.65 Å². The van der Waals surface area contributed by atoms with E-state index in [9.17, 15) is 18.7 Å². The summed E-state index contributed by atoms with van der Waals surface area (Å²) >= 11 is 1.94. The number of rotatable bonds is 3. The second-order valence-corrected chi connectivity index (χ2v) is 5.69. The molecule has 1 aromatic carbocycles. The van der Waals surface area contributed by atoms with Crippen LogP contribution in [0.5, 0.6) is 0 Å². The Bertz CT molecular complexity index is 895. The highest BCUT2D eigenvalue weighted by Crippen LogP contribution is 2.29. The number of aromatic carboxylic acids is 1. The van der Waals surface area contributed by atoms with E-state index in [1.165, 1.54) is 35.1 Å². The summed E-state index contributed by atoms with van der Waals surface area (Å²) in [5.41, 5.74) is -0.705. The number of nitrogens with zero attached hydrogens (tertiary/aromatic N) is 2. The van der Waals surface area contributed by atoms with Crippen LogP contribution in [-0.2, 0) is 0 Å². The molecule has 0 aliphatic rings. The molecule has 0 aliphatic heterocycles. The van der Waals surface area contributed by atoms with Gasteiger partial charge in [-0.1, -0.05) is 0 Å². The molecule has 0 atom stereocenters. The zero-order valence-corrected chi connectivity index (χ0v) is 13.0. The Morgan fingerprint density at radius 3 is 2.82 bits per heavy atom. The standard InChI is InChI=1S/C14H8F2IN3O2/c15-9-5-7(17)1-2-10(9)19-12-8(14(21)22)6-20-4-3-18-13(20)11(12)16/h1-6,19H,(H,21,22). The fourth-order valence-corrected chi connectivity index (χ4v) is 2.48. The van der Waals surface area contributed by atoms with Gasteiger partial charge in [0.25, 0.3) is 0 Å². The van der Waals surface area contributed by atoms with E-state index >= 15 is 0 Å². The van der Waals surface area contributed by atoms with Crippen molar-refractivity contribution in [3.05, 3.63) is 57.6 Å². The zero-order chi connectivity index (χ0) is 15.9. The normalized spacial score (nSPS) is 10.9. The number of hydrogen-bond acceptors (Lipinski definition) is 3. The van der Waals surface area contributed by atoms with Crippen LogP contribution >= 0.6 is 22.6 Å². The van der Waals surface area contributed by atoms with Gasteiger partial charge >= 0.3 is 5.97 Å². The fourth-order valence-electron chi connectivity index (χ4n) is 2.03. The number of halogens is 3. The Hall–Kier alpha value is -2.23. The molecule has 0 spiro atoms. The lowest BCUT2D eigenvalue weighted by atomic mass is 10.2. The number of nitrogens with one attached hydrogen (secondary N) is 1. The summed E-state index contributed by atoms with van der Waals surface area (Å²) in [5.74, 6) is -2.79. The Kier molecular flexibility index (Phi) is 3.69. The molecule has 0 aliphatic carbocycles. The van der Waals surface area contributed by atoms with Crippen LogP contribution in [-0.4, -0.2) is 20.5 Å². The molecule has 2 N–H and O–H groups in total. The minimum atomic E-state index is -1.33. The highest BCUT2D eigenvalue weighted by atomic mass is 127. The monoisotopic (exact) mass is 415 g/mol. The van der Waals surface area contributed by atoms with Gasteiger partial charge in [-0.25, -0.2) is 18.6 Å². The molecule has 22 heavy (non-hydrogen) atoms. The fraction of sp³-hybridized carbons (Fsp3) is 0. The number of imidazole rings is 1. The first kappa shape index (κ1) is 14.7. The molecule has 0 radical (unpaired) electrons. The quantitative estimate of drug-likeness (QED) is 0.641. The number of carbonyl (C=O) groups is 1. The van der Waals surface area contributed by atoms with Gasteiger partial charge in [0, 0.05) is 22.2 Å². The van der Waals surface area contributed by atoms with Crippen molar-refractivity contribution >= 4 is 45.6 Å². The molecule has 0 unspecified atom stereocenters. The molecule has 0 fully saturated rings. The predicted octanol–water partition coefficient (Wildman–Crippen LogP) is 3.66. The minimum Gasteiger partial charge on any atom is -0.478 e. The first-order valence-electron chi connectivity index (χ1n) is 6.08. The maximum Gasteiger partial charge on any atom is 0.339 e. The van der Waals surface area contributed by atoms with Gasteiger partial charge in [-0.2, -0.15) is 0 Å². The number of carboxylic acids is 1. The van der Waals surface area contributed by atoms with Crippen molar-refractivity contribution in [3.8, 4) is 0 Å². The van der Waals surface area contributed by atoms with Crippen molar-refractivity contribution in [1.82, 2.24) is 9.38 Å². The zero-order valence-electron chi connectivity index (χ0n) is 10.8. The van der Waals surface area contributed by atoms with Crippen molar-refractivity contribution in [2.75, 3.05) is 5.32 Å². The summed E-state index contributed by atoms with van der Waals surface area (Å²) in [5, 5.41) is 11.8. The number of fused-ring (bicyclic) bond motifs is 1. The third-order valence-electron chi connectivity index (χ3n) is 3.04. The molecule has 112 valence electrons. The summed E-state index contributed by atoms with van der Waals surface area (Å²) in [4.78, 5) is 15.2. The van der Waals surface area contributed by atoms with Gasteiger partial charge in [-0.15, -0.1) is 0 Å². The molecule has 3 aromatic rings. The van der Waals surface area contributed by atoms with Crippen molar-refractivity contribution in [2.45, 2.75) is 0 Å². The largest absolute Gasteiger partial charge is 0.478 e. The smallest absolute Gasteiger partial charge is 0.339 e. The van der Waals surface area contributed by atoms with E-state index in [1.54, 1.807) is 6.07 Å². The minimum absolute atomic E-state index is 0.0160. The van der Waals surface area contributed by atoms with Crippen LogP contribution in [0.3, 0.4) is 0 Å². The SMILES string of the molecule is O=C(O)c1cn2ccnc2c(F)c1Nc1ccc(I)cc1F. The number of anilines is 2. The Balaban J connectivity index is 2.18. The third-order valence-corrected chi connectivity index (χ3v) is 3.71. The van der Waals surface area contributed by atoms with E-state index < -0.39 is 17.6 Å². The van der Waals surface area contributed by atoms with E-state index in [4.69, 9.17) is 0 Å². The summed E-state index contributed by atoms with van der Waals surface area (Å²) in [6.07, 6.45) is 4.00. The summed E-state index contributed by atoms with van der Waals surface area (Å²) in [6.45, 7) is 0. The third kappa shape index (κ3) is 2.49. The molecule has 0 amide bonds. The first-order valence-corrected chi connectivity index (χ1v) is 7.16. The molecule has 8 heteroatoms. The lowest BCUT2D eigenvalue weighted by Crippen LogP contribution is -2.09. The van der Waals surface area contributed by atoms with E-state index in [0.717, 1.165) is 0 Å². The van der Waals surface area contributed by atoms with Gasteiger partial charge in [-0.05, 0) is 40.8 Å². The van der Waals surface area contributed by atoms with E-state index in [1.807, 2.05) is 22.6 Å². The molecule has 3 rings (SSSR count). The molecule has 2 heterocycles. The maximum absolute atomic E-state index is 14.5. The number of pyridine rings is 1. The van der Waals surface area contributed by atoms with Crippen molar-refractivity contribution in [2.24, 2.45) is 0 Å². The molecule has 0 bridgehead atoms. The summed E-state index contributed by atoms with van der Waals surface area (Å²) in [6, 6.07) is 4.30. The van der Waals surface area contributed by atoms with E-state index in [2.05, 4.69) is 10.3 Å². The van der Waals surface area contributed by atoms with Gasteiger partial charge < -0.3 is 14.8 Å². The van der Waals surface area contributed by atoms with Crippen LogP contribution in [0, 0.1) is 15.2 Å². The van der Waals surface area contributed by atoms with Crippen LogP contribution < -0.4 is 5.32 Å². The van der Waals surface area contributed by atoms with Crippen molar-refractivity contribution in [3.63, 3.8) is 0 Å². The van der Waals surface area contributed by atoms with Crippen LogP contribution in [0.4, 0.5) is 20.2 Å². The topological polar surface area (TPSA) is 66.6 Å². The maximum atomic E-state index is 14.5. The molecular formula is C14H8F2IN3O2. The van der Waals surface area contributed by atoms with Crippen molar-refractivity contribution in [1.29, 1.82) is 0 Å². The summed E-state index contributed by atoms with van der Waals surface area (Å²) in [7, 11) is 0. The first-order chi connectivity index (χ1) is 10.5. The van der Waals surface area contributed by atoms with E-state index in [-0.39, 0.29) is 22.6 Å². The molecule has 0 saturated carbocycles. The van der Waals surface area contributed by atoms with E-state index in [0.29, 0.717) is 3.57 Å². The Morgan fingerprint density at radius 1 is 1.36 bits per heavy atom. The highest BCUT2D eigenvalue weighted by molar-refractivity contribution is 14.1. The number of hydrogen-bond donors (Lipinski definition) is 2. The van der Waals surface area contributed by atoms with Gasteiger partial charge in [0.1, 0.15) is 11.4 Å². The van der Waals surface area contributed by atoms with Crippen LogP contribution in [0.15, 0.2) is 36.8 Å². The predicted molar refractivity (Wildman–Crippen MR) is 84.5 cm³/mol. The van der Waals surface area contributed by atoms with Crippen LogP contribution in [0.1, 0.15) is 10.4 Å². The molecule has 5 nitrogen and oxygen atoms in total.